The van der Waals surface area contributed by atoms with Gasteiger partial charge in [-0.05, 0) is 55.0 Å². The fourth-order valence-electron chi connectivity index (χ4n) is 3.98. The van der Waals surface area contributed by atoms with E-state index in [0.717, 1.165) is 36.3 Å². The quantitative estimate of drug-likeness (QED) is 0.749. The average Bonchev–Trinajstić information content (AvgIpc) is 2.76. The number of nitrogens with zero attached hydrogens (tertiary/aromatic N) is 1. The maximum absolute atomic E-state index is 12.9. The molecule has 5 heteroatoms. The number of hydrogen-bond donors (Lipinski definition) is 2. The van der Waals surface area contributed by atoms with Gasteiger partial charge in [-0.3, -0.25) is 9.59 Å². The molecule has 2 amide bonds. The van der Waals surface area contributed by atoms with Gasteiger partial charge in [0.1, 0.15) is 0 Å². The first kappa shape index (κ1) is 21.1. The Hall–Kier alpha value is -2.66. The molecule has 0 aromatic heterocycles. The molecule has 0 bridgehead atoms. The number of fused-ring (bicyclic) bond motifs is 1. The molecule has 154 valence electrons. The van der Waals surface area contributed by atoms with Crippen molar-refractivity contribution in [3.63, 3.8) is 0 Å². The van der Waals surface area contributed by atoms with Crippen LogP contribution in [-0.2, 0) is 22.4 Å². The summed E-state index contributed by atoms with van der Waals surface area (Å²) in [6.45, 7) is 5.07. The average molecular weight is 394 g/mol. The molecule has 0 saturated heterocycles. The SMILES string of the molecule is CCC(CC)(CN)C(=O)Nc1ccc(CC(=O)N2CCCc3ccccc32)cc1. The number of benzene rings is 2. The molecule has 1 aliphatic rings. The molecular weight excluding hydrogens is 362 g/mol. The van der Waals surface area contributed by atoms with Gasteiger partial charge in [0.2, 0.25) is 11.8 Å². The molecule has 0 saturated carbocycles. The maximum Gasteiger partial charge on any atom is 0.231 e. The highest BCUT2D eigenvalue weighted by Crippen LogP contribution is 2.28. The molecule has 2 aromatic rings. The minimum Gasteiger partial charge on any atom is -0.329 e. The normalized spacial score (nSPS) is 13.7. The lowest BCUT2D eigenvalue weighted by Gasteiger charge is -2.29. The van der Waals surface area contributed by atoms with Crippen LogP contribution in [0.15, 0.2) is 48.5 Å². The van der Waals surface area contributed by atoms with E-state index in [4.69, 9.17) is 5.73 Å². The Morgan fingerprint density at radius 2 is 1.76 bits per heavy atom. The number of carbonyl (C=O) groups excluding carboxylic acids is 2. The van der Waals surface area contributed by atoms with Gasteiger partial charge in [-0.2, -0.15) is 0 Å². The number of anilines is 2. The van der Waals surface area contributed by atoms with E-state index in [1.54, 1.807) is 0 Å². The molecule has 29 heavy (non-hydrogen) atoms. The fourth-order valence-corrected chi connectivity index (χ4v) is 3.98. The van der Waals surface area contributed by atoms with Crippen molar-refractivity contribution < 1.29 is 9.59 Å². The molecule has 2 aromatic carbocycles. The molecule has 1 heterocycles. The molecule has 0 fully saturated rings. The standard InChI is InChI=1S/C24H31N3O2/c1-3-24(4-2,17-25)23(29)26-20-13-11-18(12-14-20)16-22(28)27-15-7-9-19-8-5-6-10-21(19)27/h5-6,8,10-14H,3-4,7,9,15-17,25H2,1-2H3,(H,26,29). The zero-order valence-corrected chi connectivity index (χ0v) is 17.4. The van der Waals surface area contributed by atoms with Crippen molar-refractivity contribution in [2.45, 2.75) is 46.0 Å². The summed E-state index contributed by atoms with van der Waals surface area (Å²) in [5, 5.41) is 2.98. The molecule has 0 aliphatic carbocycles. The van der Waals surface area contributed by atoms with Gasteiger partial charge >= 0.3 is 0 Å². The van der Waals surface area contributed by atoms with Crippen LogP contribution in [0.2, 0.25) is 0 Å². The molecular formula is C24H31N3O2. The summed E-state index contributed by atoms with van der Waals surface area (Å²) in [5.41, 5.74) is 9.27. The lowest BCUT2D eigenvalue weighted by molar-refractivity contribution is -0.125. The summed E-state index contributed by atoms with van der Waals surface area (Å²) >= 11 is 0. The van der Waals surface area contributed by atoms with E-state index in [-0.39, 0.29) is 11.8 Å². The predicted octanol–water partition coefficient (Wildman–Crippen LogP) is 3.91. The van der Waals surface area contributed by atoms with Crippen molar-refractivity contribution in [3.8, 4) is 0 Å². The van der Waals surface area contributed by atoms with Crippen LogP contribution in [-0.4, -0.2) is 24.9 Å². The second kappa shape index (κ2) is 9.23. The Labute approximate surface area is 173 Å². The second-order valence-electron chi connectivity index (χ2n) is 7.80. The largest absolute Gasteiger partial charge is 0.329 e. The van der Waals surface area contributed by atoms with Gasteiger partial charge in [-0.1, -0.05) is 44.2 Å². The zero-order valence-electron chi connectivity index (χ0n) is 17.4. The Bertz CT molecular complexity index is 848. The Morgan fingerprint density at radius 3 is 2.41 bits per heavy atom. The van der Waals surface area contributed by atoms with E-state index in [1.165, 1.54) is 5.56 Å². The molecule has 0 unspecified atom stereocenters. The fraction of sp³-hybridized carbons (Fsp3) is 0.417. The van der Waals surface area contributed by atoms with Gasteiger partial charge in [0, 0.05) is 24.5 Å². The number of nitrogens with two attached hydrogens (primary N) is 1. The van der Waals surface area contributed by atoms with Crippen molar-refractivity contribution in [1.82, 2.24) is 0 Å². The van der Waals surface area contributed by atoms with Crippen LogP contribution in [0.25, 0.3) is 0 Å². The highest BCUT2D eigenvalue weighted by atomic mass is 16.2. The van der Waals surface area contributed by atoms with Gasteiger partial charge in [-0.15, -0.1) is 0 Å². The first-order chi connectivity index (χ1) is 14.0. The Morgan fingerprint density at radius 1 is 1.07 bits per heavy atom. The highest BCUT2D eigenvalue weighted by Gasteiger charge is 2.33. The van der Waals surface area contributed by atoms with E-state index in [1.807, 2.05) is 61.2 Å². The van der Waals surface area contributed by atoms with Crippen molar-refractivity contribution in [2.24, 2.45) is 11.1 Å². The molecule has 0 radical (unpaired) electrons. The Kier molecular flexibility index (Phi) is 6.70. The van der Waals surface area contributed by atoms with Crippen LogP contribution >= 0.6 is 0 Å². The predicted molar refractivity (Wildman–Crippen MR) is 118 cm³/mol. The van der Waals surface area contributed by atoms with Crippen molar-refractivity contribution in [3.05, 3.63) is 59.7 Å². The number of para-hydroxylation sites is 1. The summed E-state index contributed by atoms with van der Waals surface area (Å²) in [5.74, 6) is 0.0619. The van der Waals surface area contributed by atoms with Gasteiger partial charge in [0.05, 0.1) is 11.8 Å². The molecule has 0 atom stereocenters. The summed E-state index contributed by atoms with van der Waals surface area (Å²) in [6.07, 6.45) is 3.77. The zero-order chi connectivity index (χ0) is 20.9. The van der Waals surface area contributed by atoms with Crippen LogP contribution in [0.4, 0.5) is 11.4 Å². The first-order valence-electron chi connectivity index (χ1n) is 10.5. The number of rotatable bonds is 7. The Balaban J connectivity index is 1.66. The summed E-state index contributed by atoms with van der Waals surface area (Å²) < 4.78 is 0. The molecule has 1 aliphatic heterocycles. The van der Waals surface area contributed by atoms with E-state index in [9.17, 15) is 9.59 Å². The topological polar surface area (TPSA) is 75.4 Å². The summed E-state index contributed by atoms with van der Waals surface area (Å²) in [7, 11) is 0. The van der Waals surface area contributed by atoms with Crippen LogP contribution in [0.3, 0.4) is 0 Å². The molecule has 3 rings (SSSR count). The third-order valence-corrected chi connectivity index (χ3v) is 6.20. The van der Waals surface area contributed by atoms with Crippen LogP contribution < -0.4 is 16.0 Å². The van der Waals surface area contributed by atoms with E-state index in [0.29, 0.717) is 25.8 Å². The van der Waals surface area contributed by atoms with E-state index < -0.39 is 5.41 Å². The van der Waals surface area contributed by atoms with Crippen LogP contribution in [0, 0.1) is 5.41 Å². The van der Waals surface area contributed by atoms with Crippen molar-refractivity contribution in [1.29, 1.82) is 0 Å². The second-order valence-corrected chi connectivity index (χ2v) is 7.80. The van der Waals surface area contributed by atoms with Crippen molar-refractivity contribution in [2.75, 3.05) is 23.3 Å². The third-order valence-electron chi connectivity index (χ3n) is 6.20. The monoisotopic (exact) mass is 393 g/mol. The minimum absolute atomic E-state index is 0.0428. The number of hydrogen-bond acceptors (Lipinski definition) is 3. The lowest BCUT2D eigenvalue weighted by atomic mass is 9.81. The maximum atomic E-state index is 12.9. The van der Waals surface area contributed by atoms with E-state index in [2.05, 4.69) is 11.4 Å². The van der Waals surface area contributed by atoms with Crippen LogP contribution in [0.1, 0.15) is 44.2 Å². The van der Waals surface area contributed by atoms with Gasteiger partial charge in [-0.25, -0.2) is 0 Å². The van der Waals surface area contributed by atoms with Gasteiger partial charge in [0.15, 0.2) is 0 Å². The van der Waals surface area contributed by atoms with Crippen LogP contribution in [0.5, 0.6) is 0 Å². The highest BCUT2D eigenvalue weighted by molar-refractivity contribution is 5.97. The van der Waals surface area contributed by atoms with Gasteiger partial charge < -0.3 is 16.0 Å². The lowest BCUT2D eigenvalue weighted by Crippen LogP contribution is -2.41. The summed E-state index contributed by atoms with van der Waals surface area (Å²) in [6, 6.07) is 15.7. The number of carbonyl (C=O) groups is 2. The number of nitrogens with one attached hydrogen (secondary N) is 1. The third kappa shape index (κ3) is 4.51. The minimum atomic E-state index is -0.531. The van der Waals surface area contributed by atoms with E-state index >= 15 is 0 Å². The number of aryl methyl sites for hydroxylation is 1. The number of amides is 2. The van der Waals surface area contributed by atoms with Crippen molar-refractivity contribution >= 4 is 23.2 Å². The van der Waals surface area contributed by atoms with Gasteiger partial charge in [0.25, 0.3) is 0 Å². The first-order valence-corrected chi connectivity index (χ1v) is 10.5. The molecule has 5 nitrogen and oxygen atoms in total. The molecule has 3 N–H and O–H groups in total. The molecule has 0 spiro atoms. The smallest absolute Gasteiger partial charge is 0.231 e. The summed E-state index contributed by atoms with van der Waals surface area (Å²) in [4.78, 5) is 27.4.